The Morgan fingerprint density at radius 1 is 1.02 bits per heavy atom. The van der Waals surface area contributed by atoms with Crippen molar-refractivity contribution in [2.75, 3.05) is 5.32 Å². The summed E-state index contributed by atoms with van der Waals surface area (Å²) in [6.45, 7) is 1.04. The molecule has 2 heterocycles. The summed E-state index contributed by atoms with van der Waals surface area (Å²) >= 11 is 0. The Morgan fingerprint density at radius 2 is 1.77 bits per heavy atom. The number of nitrogens with zero attached hydrogens (tertiary/aromatic N) is 1. The van der Waals surface area contributed by atoms with Gasteiger partial charge in [-0.15, -0.1) is 0 Å². The monoisotopic (exact) mass is 545 g/mol. The first kappa shape index (κ1) is 26.8. The van der Waals surface area contributed by atoms with Gasteiger partial charge in [0.1, 0.15) is 12.6 Å². The lowest BCUT2D eigenvalue weighted by Crippen LogP contribution is -2.52. The summed E-state index contributed by atoms with van der Waals surface area (Å²) < 4.78 is 20.1. The van der Waals surface area contributed by atoms with E-state index in [1.165, 1.54) is 17.0 Å². The first-order chi connectivity index (χ1) is 19.3. The van der Waals surface area contributed by atoms with Crippen LogP contribution in [-0.4, -0.2) is 34.7 Å². The lowest BCUT2D eigenvalue weighted by molar-refractivity contribution is -0.136. The number of piperidine rings is 1. The predicted octanol–water partition coefficient (Wildman–Crippen LogP) is 2.95. The van der Waals surface area contributed by atoms with Crippen LogP contribution in [0.25, 0.3) is 0 Å². The lowest BCUT2D eigenvalue weighted by Gasteiger charge is -2.29. The van der Waals surface area contributed by atoms with Crippen molar-refractivity contribution in [3.05, 3.63) is 94.3 Å². The third-order valence-corrected chi connectivity index (χ3v) is 6.88. The van der Waals surface area contributed by atoms with E-state index in [0.717, 1.165) is 22.3 Å². The van der Waals surface area contributed by atoms with Crippen LogP contribution in [0.3, 0.4) is 0 Å². The SMILES string of the molecule is NCc1ccc(COc2ccc(NC(=O)NCc3ccc4c(c3)CN(C3CCC(=O)NC3=O)C4=O)cc2F)cc1. The van der Waals surface area contributed by atoms with Crippen LogP contribution >= 0.6 is 0 Å². The Morgan fingerprint density at radius 3 is 2.50 bits per heavy atom. The van der Waals surface area contributed by atoms with Crippen molar-refractivity contribution in [2.24, 2.45) is 5.73 Å². The summed E-state index contributed by atoms with van der Waals surface area (Å²) in [6, 6.07) is 15.6. The van der Waals surface area contributed by atoms with Crippen molar-refractivity contribution in [3.8, 4) is 5.75 Å². The van der Waals surface area contributed by atoms with E-state index in [4.69, 9.17) is 10.5 Å². The Hall–Kier alpha value is -4.77. The number of fused-ring (bicyclic) bond motifs is 1. The molecule has 40 heavy (non-hydrogen) atoms. The molecule has 2 aliphatic rings. The van der Waals surface area contributed by atoms with Gasteiger partial charge in [0.25, 0.3) is 5.91 Å². The van der Waals surface area contributed by atoms with Crippen LogP contribution in [0.4, 0.5) is 14.9 Å². The summed E-state index contributed by atoms with van der Waals surface area (Å²) in [4.78, 5) is 50.4. The van der Waals surface area contributed by atoms with E-state index >= 15 is 0 Å². The van der Waals surface area contributed by atoms with Gasteiger partial charge in [0.2, 0.25) is 11.8 Å². The number of halogens is 1. The number of nitrogens with one attached hydrogen (secondary N) is 3. The molecule has 0 aliphatic carbocycles. The minimum atomic E-state index is -0.690. The van der Waals surface area contributed by atoms with Crippen molar-refractivity contribution in [3.63, 3.8) is 0 Å². The van der Waals surface area contributed by atoms with Crippen molar-refractivity contribution >= 4 is 29.4 Å². The van der Waals surface area contributed by atoms with E-state index in [-0.39, 0.29) is 55.8 Å². The van der Waals surface area contributed by atoms with E-state index < -0.39 is 23.8 Å². The van der Waals surface area contributed by atoms with Gasteiger partial charge in [-0.25, -0.2) is 9.18 Å². The molecule has 206 valence electrons. The third-order valence-electron chi connectivity index (χ3n) is 6.88. The molecule has 0 aromatic heterocycles. The second-order valence-electron chi connectivity index (χ2n) is 9.65. The first-order valence-electron chi connectivity index (χ1n) is 12.8. The van der Waals surface area contributed by atoms with Crippen LogP contribution in [0, 0.1) is 5.82 Å². The normalized spacial score (nSPS) is 16.4. The molecule has 1 saturated heterocycles. The molecule has 1 unspecified atom stereocenters. The molecule has 0 saturated carbocycles. The molecule has 11 heteroatoms. The fourth-order valence-corrected chi connectivity index (χ4v) is 4.72. The number of benzene rings is 3. The smallest absolute Gasteiger partial charge is 0.319 e. The zero-order chi connectivity index (χ0) is 28.2. The van der Waals surface area contributed by atoms with Crippen LogP contribution in [-0.2, 0) is 35.8 Å². The Bertz CT molecular complexity index is 1480. The van der Waals surface area contributed by atoms with Gasteiger partial charge in [-0.05, 0) is 46.9 Å². The number of hydrogen-bond acceptors (Lipinski definition) is 6. The number of anilines is 1. The minimum Gasteiger partial charge on any atom is -0.486 e. The van der Waals surface area contributed by atoms with E-state index in [1.54, 1.807) is 24.3 Å². The number of imide groups is 1. The molecule has 0 radical (unpaired) electrons. The van der Waals surface area contributed by atoms with Crippen LogP contribution in [0.5, 0.6) is 5.75 Å². The van der Waals surface area contributed by atoms with Crippen LogP contribution in [0.2, 0.25) is 0 Å². The maximum Gasteiger partial charge on any atom is 0.319 e. The third kappa shape index (κ3) is 5.94. The van der Waals surface area contributed by atoms with Gasteiger partial charge in [-0.2, -0.15) is 0 Å². The van der Waals surface area contributed by atoms with E-state index in [9.17, 15) is 23.6 Å². The van der Waals surface area contributed by atoms with Gasteiger partial charge in [0.15, 0.2) is 11.6 Å². The number of ether oxygens (including phenoxy) is 1. The lowest BCUT2D eigenvalue weighted by atomic mass is 10.0. The van der Waals surface area contributed by atoms with Crippen LogP contribution in [0.15, 0.2) is 60.7 Å². The quantitative estimate of drug-likeness (QED) is 0.321. The Kier molecular flexibility index (Phi) is 7.74. The fourth-order valence-electron chi connectivity index (χ4n) is 4.72. The van der Waals surface area contributed by atoms with Crippen molar-refractivity contribution in [1.29, 1.82) is 0 Å². The zero-order valence-corrected chi connectivity index (χ0v) is 21.5. The highest BCUT2D eigenvalue weighted by Gasteiger charge is 2.39. The summed E-state index contributed by atoms with van der Waals surface area (Å²) in [5.74, 6) is -1.62. The van der Waals surface area contributed by atoms with Gasteiger partial charge in [-0.3, -0.25) is 19.7 Å². The molecule has 1 fully saturated rings. The summed E-state index contributed by atoms with van der Waals surface area (Å²) in [7, 11) is 0. The maximum absolute atomic E-state index is 14.6. The standard InChI is InChI=1S/C29H28FN5O5/c30-23-12-21(6-9-25(23)40-16-18-3-1-17(13-31)2-4-18)33-29(39)32-14-19-5-7-22-20(11-19)15-35(28(22)38)24-8-10-26(36)34-27(24)37/h1-7,9,11-12,24H,8,10,13-16,31H2,(H2,32,33,39)(H,34,36,37). The zero-order valence-electron chi connectivity index (χ0n) is 21.5. The molecule has 5 rings (SSSR count). The molecule has 1 atom stereocenters. The number of hydrogen-bond donors (Lipinski definition) is 4. The number of carbonyl (C=O) groups excluding carboxylic acids is 4. The topological polar surface area (TPSA) is 143 Å². The molecule has 2 aliphatic heterocycles. The molecule has 10 nitrogen and oxygen atoms in total. The van der Waals surface area contributed by atoms with Gasteiger partial charge in [0, 0.05) is 43.4 Å². The summed E-state index contributed by atoms with van der Waals surface area (Å²) in [6.07, 6.45) is 0.472. The molecular weight excluding hydrogens is 517 g/mol. The van der Waals surface area contributed by atoms with Gasteiger partial charge < -0.3 is 26.0 Å². The predicted molar refractivity (Wildman–Crippen MR) is 143 cm³/mol. The van der Waals surface area contributed by atoms with E-state index in [1.807, 2.05) is 24.3 Å². The molecule has 0 bridgehead atoms. The van der Waals surface area contributed by atoms with Crippen LogP contribution < -0.4 is 26.4 Å². The second-order valence-corrected chi connectivity index (χ2v) is 9.65. The van der Waals surface area contributed by atoms with Gasteiger partial charge in [0.05, 0.1) is 0 Å². The minimum absolute atomic E-state index is 0.0629. The number of rotatable bonds is 8. The Balaban J connectivity index is 1.13. The maximum atomic E-state index is 14.6. The average molecular weight is 546 g/mol. The van der Waals surface area contributed by atoms with Crippen molar-refractivity contribution < 1.29 is 28.3 Å². The van der Waals surface area contributed by atoms with E-state index in [0.29, 0.717) is 12.1 Å². The molecule has 3 aromatic carbocycles. The number of amides is 5. The highest BCUT2D eigenvalue weighted by molar-refractivity contribution is 6.05. The highest BCUT2D eigenvalue weighted by Crippen LogP contribution is 2.28. The molecule has 5 N–H and O–H groups in total. The number of urea groups is 1. The van der Waals surface area contributed by atoms with Gasteiger partial charge in [-0.1, -0.05) is 36.4 Å². The Labute approximate surface area is 229 Å². The first-order valence-corrected chi connectivity index (χ1v) is 12.8. The molecule has 3 aromatic rings. The van der Waals surface area contributed by atoms with E-state index in [2.05, 4.69) is 16.0 Å². The second kappa shape index (κ2) is 11.5. The van der Waals surface area contributed by atoms with Crippen LogP contribution in [0.1, 0.15) is 45.5 Å². The summed E-state index contributed by atoms with van der Waals surface area (Å²) in [5, 5.41) is 7.59. The highest BCUT2D eigenvalue weighted by atomic mass is 19.1. The molecule has 5 amide bonds. The largest absolute Gasteiger partial charge is 0.486 e. The number of carbonyl (C=O) groups is 4. The van der Waals surface area contributed by atoms with Gasteiger partial charge >= 0.3 is 6.03 Å². The summed E-state index contributed by atoms with van der Waals surface area (Å²) in [5.41, 5.74) is 9.70. The number of nitrogens with two attached hydrogens (primary N) is 1. The van der Waals surface area contributed by atoms with Crippen molar-refractivity contribution in [2.45, 2.75) is 45.1 Å². The average Bonchev–Trinajstić information content (AvgIpc) is 3.27. The molecule has 0 spiro atoms. The molecular formula is C29H28FN5O5. The van der Waals surface area contributed by atoms with Crippen molar-refractivity contribution in [1.82, 2.24) is 15.5 Å². The fraction of sp³-hybridized carbons (Fsp3) is 0.241.